The van der Waals surface area contributed by atoms with E-state index in [1.165, 1.54) is 0 Å². The third-order valence-electron chi connectivity index (χ3n) is 2.33. The van der Waals surface area contributed by atoms with Gasteiger partial charge in [0, 0.05) is 10.2 Å². The number of benzene rings is 1. The summed E-state index contributed by atoms with van der Waals surface area (Å²) in [4.78, 5) is 10.8. The van der Waals surface area contributed by atoms with E-state index in [4.69, 9.17) is 16.7 Å². The highest BCUT2D eigenvalue weighted by molar-refractivity contribution is 9.10. The van der Waals surface area contributed by atoms with Crippen molar-refractivity contribution in [1.82, 2.24) is 5.32 Å². The van der Waals surface area contributed by atoms with Crippen molar-refractivity contribution >= 4 is 45.3 Å². The fourth-order valence-electron chi connectivity index (χ4n) is 1.48. The molecule has 0 amide bonds. The lowest BCUT2D eigenvalue weighted by Gasteiger charge is -2.12. The summed E-state index contributed by atoms with van der Waals surface area (Å²) in [5.41, 5.74) is 1.03. The van der Waals surface area contributed by atoms with E-state index in [-0.39, 0.29) is 5.37 Å². The van der Waals surface area contributed by atoms with Gasteiger partial charge in [0.1, 0.15) is 6.04 Å². The molecule has 0 aromatic heterocycles. The zero-order chi connectivity index (χ0) is 11.7. The average Bonchev–Trinajstić information content (AvgIpc) is 2.71. The lowest BCUT2D eigenvalue weighted by molar-refractivity contribution is -0.138. The largest absolute Gasteiger partial charge is 0.480 e. The Balaban J connectivity index is 2.14. The monoisotopic (exact) mass is 321 g/mol. The Labute approximate surface area is 111 Å². The van der Waals surface area contributed by atoms with Crippen LogP contribution in [0.1, 0.15) is 10.9 Å². The van der Waals surface area contributed by atoms with Crippen molar-refractivity contribution in [3.63, 3.8) is 0 Å². The second-order valence-corrected chi connectivity index (χ2v) is 5.84. The topological polar surface area (TPSA) is 49.3 Å². The third-order valence-corrected chi connectivity index (χ3v) is 4.81. The number of thioether (sulfide) groups is 1. The Morgan fingerprint density at radius 2 is 2.38 bits per heavy atom. The molecule has 0 spiro atoms. The molecule has 0 saturated carbocycles. The molecule has 2 N–H and O–H groups in total. The van der Waals surface area contributed by atoms with Crippen molar-refractivity contribution in [3.05, 3.63) is 33.3 Å². The van der Waals surface area contributed by atoms with E-state index < -0.39 is 12.0 Å². The van der Waals surface area contributed by atoms with Crippen LogP contribution in [-0.2, 0) is 4.79 Å². The van der Waals surface area contributed by atoms with Gasteiger partial charge in [-0.2, -0.15) is 0 Å². The molecule has 2 rings (SSSR count). The predicted molar refractivity (Wildman–Crippen MR) is 68.9 cm³/mol. The SMILES string of the molecule is O=C(O)[C@H]1CSC(c2ccc(Cl)c(Br)c2)N1. The normalized spacial score (nSPS) is 24.6. The Hall–Kier alpha value is -0.230. The molecule has 1 saturated heterocycles. The summed E-state index contributed by atoms with van der Waals surface area (Å²) in [6.07, 6.45) is 0. The van der Waals surface area contributed by atoms with Gasteiger partial charge in [-0.25, -0.2) is 0 Å². The molecular weight excluding hydrogens is 314 g/mol. The minimum Gasteiger partial charge on any atom is -0.480 e. The number of rotatable bonds is 2. The molecule has 86 valence electrons. The fraction of sp³-hybridized carbons (Fsp3) is 0.300. The van der Waals surface area contributed by atoms with Crippen LogP contribution in [0, 0.1) is 0 Å². The predicted octanol–water partition coefficient (Wildman–Crippen LogP) is 2.89. The Bertz CT molecular complexity index is 429. The molecule has 1 aromatic carbocycles. The molecule has 16 heavy (non-hydrogen) atoms. The molecule has 1 aliphatic rings. The summed E-state index contributed by atoms with van der Waals surface area (Å²) in [5.74, 6) is -0.219. The number of carbonyl (C=O) groups is 1. The van der Waals surface area contributed by atoms with Crippen LogP contribution in [0.3, 0.4) is 0 Å². The maximum Gasteiger partial charge on any atom is 0.321 e. The molecular formula is C10H9BrClNO2S. The van der Waals surface area contributed by atoms with Crippen LogP contribution < -0.4 is 5.32 Å². The zero-order valence-electron chi connectivity index (χ0n) is 8.11. The molecule has 3 nitrogen and oxygen atoms in total. The van der Waals surface area contributed by atoms with Crippen LogP contribution in [-0.4, -0.2) is 22.9 Å². The van der Waals surface area contributed by atoms with Gasteiger partial charge in [-0.15, -0.1) is 11.8 Å². The van der Waals surface area contributed by atoms with Crippen molar-refractivity contribution in [2.75, 3.05) is 5.75 Å². The standard InChI is InChI=1S/C10H9BrClNO2S/c11-6-3-5(1-2-7(6)12)9-13-8(4-16-9)10(14)15/h1-3,8-9,13H,4H2,(H,14,15)/t8-,9?/m1/s1. The number of carboxylic acids is 1. The number of nitrogens with one attached hydrogen (secondary N) is 1. The Morgan fingerprint density at radius 1 is 1.62 bits per heavy atom. The van der Waals surface area contributed by atoms with Crippen molar-refractivity contribution in [1.29, 1.82) is 0 Å². The maximum atomic E-state index is 10.8. The van der Waals surface area contributed by atoms with Crippen molar-refractivity contribution < 1.29 is 9.90 Å². The third kappa shape index (κ3) is 2.53. The van der Waals surface area contributed by atoms with E-state index in [0.29, 0.717) is 10.8 Å². The summed E-state index contributed by atoms with van der Waals surface area (Å²) in [5, 5.41) is 12.6. The van der Waals surface area contributed by atoms with Crippen molar-refractivity contribution in [2.45, 2.75) is 11.4 Å². The van der Waals surface area contributed by atoms with Gasteiger partial charge in [0.05, 0.1) is 10.4 Å². The lowest BCUT2D eigenvalue weighted by atomic mass is 10.2. The van der Waals surface area contributed by atoms with Gasteiger partial charge in [-0.1, -0.05) is 17.7 Å². The Morgan fingerprint density at radius 3 is 2.94 bits per heavy atom. The first-order valence-corrected chi connectivity index (χ1v) is 6.85. The number of aliphatic carboxylic acids is 1. The number of hydrogen-bond donors (Lipinski definition) is 2. The van der Waals surface area contributed by atoms with E-state index >= 15 is 0 Å². The van der Waals surface area contributed by atoms with E-state index in [1.807, 2.05) is 12.1 Å². The van der Waals surface area contributed by atoms with E-state index in [0.717, 1.165) is 10.0 Å². The van der Waals surface area contributed by atoms with Crippen molar-refractivity contribution in [3.8, 4) is 0 Å². The van der Waals surface area contributed by atoms with Gasteiger partial charge >= 0.3 is 5.97 Å². The quantitative estimate of drug-likeness (QED) is 0.879. The van der Waals surface area contributed by atoms with Crippen molar-refractivity contribution in [2.24, 2.45) is 0 Å². The molecule has 0 aliphatic carbocycles. The summed E-state index contributed by atoms with van der Waals surface area (Å²) in [6.45, 7) is 0. The van der Waals surface area contributed by atoms with Gasteiger partial charge in [-0.05, 0) is 33.6 Å². The average molecular weight is 323 g/mol. The summed E-state index contributed by atoms with van der Waals surface area (Å²) >= 11 is 10.8. The second kappa shape index (κ2) is 4.96. The lowest BCUT2D eigenvalue weighted by Crippen LogP contribution is -2.33. The van der Waals surface area contributed by atoms with Crippen LogP contribution in [0.15, 0.2) is 22.7 Å². The zero-order valence-corrected chi connectivity index (χ0v) is 11.3. The van der Waals surface area contributed by atoms with Crippen LogP contribution in [0.25, 0.3) is 0 Å². The molecule has 0 bridgehead atoms. The Kier molecular flexibility index (Phi) is 3.79. The highest BCUT2D eigenvalue weighted by atomic mass is 79.9. The number of halogens is 2. The molecule has 6 heteroatoms. The van der Waals surface area contributed by atoms with E-state index in [1.54, 1.807) is 17.8 Å². The number of hydrogen-bond acceptors (Lipinski definition) is 3. The molecule has 1 heterocycles. The summed E-state index contributed by atoms with van der Waals surface area (Å²) in [6, 6.07) is 5.15. The van der Waals surface area contributed by atoms with E-state index in [2.05, 4.69) is 21.2 Å². The van der Waals surface area contributed by atoms with Crippen LogP contribution in [0.2, 0.25) is 5.02 Å². The molecule has 1 aliphatic heterocycles. The van der Waals surface area contributed by atoms with Crippen LogP contribution in [0.4, 0.5) is 0 Å². The molecule has 2 atom stereocenters. The molecule has 1 fully saturated rings. The van der Waals surface area contributed by atoms with Gasteiger partial charge in [0.2, 0.25) is 0 Å². The van der Waals surface area contributed by atoms with Gasteiger partial charge in [0.25, 0.3) is 0 Å². The second-order valence-electron chi connectivity index (χ2n) is 3.44. The van der Waals surface area contributed by atoms with Crippen LogP contribution >= 0.6 is 39.3 Å². The van der Waals surface area contributed by atoms with E-state index in [9.17, 15) is 4.79 Å². The summed E-state index contributed by atoms with van der Waals surface area (Å²) in [7, 11) is 0. The van der Waals surface area contributed by atoms with Crippen LogP contribution in [0.5, 0.6) is 0 Å². The minimum absolute atomic E-state index is 0.0228. The summed E-state index contributed by atoms with van der Waals surface area (Å²) < 4.78 is 0.827. The first-order chi connectivity index (χ1) is 7.58. The molecule has 1 unspecified atom stereocenters. The smallest absolute Gasteiger partial charge is 0.321 e. The molecule has 1 aromatic rings. The highest BCUT2D eigenvalue weighted by Gasteiger charge is 2.30. The molecule has 0 radical (unpaired) electrons. The fourth-order valence-corrected chi connectivity index (χ4v) is 3.22. The first kappa shape index (κ1) is 12.2. The van der Waals surface area contributed by atoms with Gasteiger partial charge in [0.15, 0.2) is 0 Å². The minimum atomic E-state index is -0.803. The first-order valence-electron chi connectivity index (χ1n) is 4.63. The van der Waals surface area contributed by atoms with Gasteiger partial charge in [-0.3, -0.25) is 10.1 Å². The highest BCUT2D eigenvalue weighted by Crippen LogP contribution is 2.35. The van der Waals surface area contributed by atoms with Gasteiger partial charge < -0.3 is 5.11 Å². The maximum absolute atomic E-state index is 10.8. The number of carboxylic acid groups (broad SMARTS) is 1.